The number of carbonyl (C=O) groups excluding carboxylic acids is 1. The Morgan fingerprint density at radius 1 is 1.37 bits per heavy atom. The lowest BCUT2D eigenvalue weighted by atomic mass is 10.2. The molecule has 0 bridgehead atoms. The van der Waals surface area contributed by atoms with Crippen molar-refractivity contribution >= 4 is 17.3 Å². The number of nitro benzene ring substituents is 1. The minimum absolute atomic E-state index is 0.0744. The highest BCUT2D eigenvalue weighted by molar-refractivity contribution is 5.75. The van der Waals surface area contributed by atoms with Crippen LogP contribution < -0.4 is 5.32 Å². The average Bonchev–Trinajstić information content (AvgIpc) is 2.42. The summed E-state index contributed by atoms with van der Waals surface area (Å²) in [6.45, 7) is 3.32. The van der Waals surface area contributed by atoms with E-state index in [2.05, 4.69) is 5.32 Å². The maximum atomic E-state index is 11.5. The Balaban J connectivity index is 2.30. The molecule has 1 aromatic carbocycles. The molecule has 1 N–H and O–H groups in total. The predicted octanol–water partition coefficient (Wildman–Crippen LogP) is 2.27. The number of anilines is 1. The molecule has 104 valence electrons. The van der Waals surface area contributed by atoms with Gasteiger partial charge >= 0.3 is 0 Å². The Morgan fingerprint density at radius 2 is 2.00 bits per heavy atom. The third kappa shape index (κ3) is 4.95. The summed E-state index contributed by atoms with van der Waals surface area (Å²) in [5.74, 6) is 0.132. The van der Waals surface area contributed by atoms with Crippen molar-refractivity contribution in [1.29, 1.82) is 0 Å². The Kier molecular flexibility index (Phi) is 5.78. The Hall–Kier alpha value is -2.11. The SMILES string of the molecule is CCN(C)C(=O)CCCNc1ccc([N+](=O)[O-])cc1. The van der Waals surface area contributed by atoms with Crippen LogP contribution in [0.5, 0.6) is 0 Å². The number of nitrogens with one attached hydrogen (secondary N) is 1. The molecular weight excluding hydrogens is 246 g/mol. The molecule has 0 atom stereocenters. The van der Waals surface area contributed by atoms with Gasteiger partial charge in [0, 0.05) is 44.4 Å². The molecule has 1 amide bonds. The molecule has 0 aliphatic rings. The zero-order valence-corrected chi connectivity index (χ0v) is 11.3. The Labute approximate surface area is 112 Å². The molecule has 0 radical (unpaired) electrons. The van der Waals surface area contributed by atoms with Crippen LogP contribution in [0, 0.1) is 10.1 Å². The summed E-state index contributed by atoms with van der Waals surface area (Å²) >= 11 is 0. The fourth-order valence-electron chi connectivity index (χ4n) is 1.54. The van der Waals surface area contributed by atoms with E-state index in [0.717, 1.165) is 12.1 Å². The van der Waals surface area contributed by atoms with Gasteiger partial charge in [-0.15, -0.1) is 0 Å². The van der Waals surface area contributed by atoms with Crippen LogP contribution in [-0.4, -0.2) is 35.9 Å². The number of rotatable bonds is 7. The first-order valence-electron chi connectivity index (χ1n) is 6.27. The molecule has 0 saturated carbocycles. The van der Waals surface area contributed by atoms with Crippen LogP contribution in [0.25, 0.3) is 0 Å². The van der Waals surface area contributed by atoms with E-state index in [9.17, 15) is 14.9 Å². The number of nitro groups is 1. The number of nitrogens with zero attached hydrogens (tertiary/aromatic N) is 2. The first kappa shape index (κ1) is 14.9. The molecule has 0 aliphatic carbocycles. The van der Waals surface area contributed by atoms with E-state index >= 15 is 0 Å². The van der Waals surface area contributed by atoms with Crippen molar-refractivity contribution in [1.82, 2.24) is 4.90 Å². The van der Waals surface area contributed by atoms with Crippen molar-refractivity contribution in [3.05, 3.63) is 34.4 Å². The molecule has 6 nitrogen and oxygen atoms in total. The fourth-order valence-corrected chi connectivity index (χ4v) is 1.54. The monoisotopic (exact) mass is 265 g/mol. The topological polar surface area (TPSA) is 75.5 Å². The van der Waals surface area contributed by atoms with Crippen molar-refractivity contribution in [2.75, 3.05) is 25.5 Å². The molecule has 0 aliphatic heterocycles. The van der Waals surface area contributed by atoms with E-state index in [0.29, 0.717) is 19.5 Å². The molecule has 6 heteroatoms. The van der Waals surface area contributed by atoms with Gasteiger partial charge in [-0.05, 0) is 25.5 Å². The summed E-state index contributed by atoms with van der Waals surface area (Å²) < 4.78 is 0. The van der Waals surface area contributed by atoms with E-state index in [-0.39, 0.29) is 11.6 Å². The van der Waals surface area contributed by atoms with E-state index in [1.165, 1.54) is 12.1 Å². The molecule has 0 saturated heterocycles. The average molecular weight is 265 g/mol. The van der Waals surface area contributed by atoms with Crippen molar-refractivity contribution in [2.45, 2.75) is 19.8 Å². The van der Waals surface area contributed by atoms with Gasteiger partial charge in [-0.2, -0.15) is 0 Å². The predicted molar refractivity (Wildman–Crippen MR) is 74.1 cm³/mol. The second-order valence-electron chi connectivity index (χ2n) is 4.24. The lowest BCUT2D eigenvalue weighted by Gasteiger charge is -2.14. The fraction of sp³-hybridized carbons (Fsp3) is 0.462. The second kappa shape index (κ2) is 7.35. The highest BCUT2D eigenvalue weighted by Gasteiger charge is 2.06. The summed E-state index contributed by atoms with van der Waals surface area (Å²) in [6.07, 6.45) is 1.24. The summed E-state index contributed by atoms with van der Waals surface area (Å²) in [5, 5.41) is 13.6. The van der Waals surface area contributed by atoms with Gasteiger partial charge in [0.25, 0.3) is 5.69 Å². The zero-order chi connectivity index (χ0) is 14.3. The molecule has 0 fully saturated rings. The molecule has 0 aromatic heterocycles. The molecule has 0 unspecified atom stereocenters. The minimum Gasteiger partial charge on any atom is -0.385 e. The first-order chi connectivity index (χ1) is 9.04. The molecule has 0 heterocycles. The standard InChI is InChI=1S/C13H19N3O3/c1-3-15(2)13(17)5-4-10-14-11-6-8-12(9-7-11)16(18)19/h6-9,14H,3-5,10H2,1-2H3. The van der Waals surface area contributed by atoms with Gasteiger partial charge in [-0.3, -0.25) is 14.9 Å². The Morgan fingerprint density at radius 3 is 2.53 bits per heavy atom. The van der Waals surface area contributed by atoms with Crippen molar-refractivity contribution in [3.8, 4) is 0 Å². The lowest BCUT2D eigenvalue weighted by Crippen LogP contribution is -2.26. The maximum Gasteiger partial charge on any atom is 0.269 e. The largest absolute Gasteiger partial charge is 0.385 e. The van der Waals surface area contributed by atoms with Crippen LogP contribution in [0.1, 0.15) is 19.8 Å². The van der Waals surface area contributed by atoms with Crippen LogP contribution in [0.4, 0.5) is 11.4 Å². The Bertz CT molecular complexity index is 431. The van der Waals surface area contributed by atoms with Gasteiger partial charge in [0.05, 0.1) is 4.92 Å². The van der Waals surface area contributed by atoms with Gasteiger partial charge in [0.1, 0.15) is 0 Å². The lowest BCUT2D eigenvalue weighted by molar-refractivity contribution is -0.384. The van der Waals surface area contributed by atoms with Gasteiger partial charge in [0.2, 0.25) is 5.91 Å². The first-order valence-corrected chi connectivity index (χ1v) is 6.27. The van der Waals surface area contributed by atoms with Gasteiger partial charge in [-0.1, -0.05) is 0 Å². The number of hydrogen-bond donors (Lipinski definition) is 1. The van der Waals surface area contributed by atoms with Crippen LogP contribution in [-0.2, 0) is 4.79 Å². The quantitative estimate of drug-likeness (QED) is 0.466. The third-order valence-electron chi connectivity index (χ3n) is 2.87. The normalized spacial score (nSPS) is 10.0. The number of amides is 1. The van der Waals surface area contributed by atoms with Crippen LogP contribution in [0.3, 0.4) is 0 Å². The highest BCUT2D eigenvalue weighted by Crippen LogP contribution is 2.15. The van der Waals surface area contributed by atoms with Gasteiger partial charge in [-0.25, -0.2) is 0 Å². The number of non-ortho nitro benzene ring substituents is 1. The number of carbonyl (C=O) groups is 1. The summed E-state index contributed by atoms with van der Waals surface area (Å²) in [5.41, 5.74) is 0.896. The maximum absolute atomic E-state index is 11.5. The summed E-state index contributed by atoms with van der Waals surface area (Å²) in [4.78, 5) is 23.3. The van der Waals surface area contributed by atoms with E-state index in [1.54, 1.807) is 24.1 Å². The van der Waals surface area contributed by atoms with E-state index in [4.69, 9.17) is 0 Å². The third-order valence-corrected chi connectivity index (χ3v) is 2.87. The summed E-state index contributed by atoms with van der Waals surface area (Å²) in [6, 6.07) is 6.24. The van der Waals surface area contributed by atoms with Crippen molar-refractivity contribution < 1.29 is 9.72 Å². The number of benzene rings is 1. The van der Waals surface area contributed by atoms with Crippen LogP contribution >= 0.6 is 0 Å². The van der Waals surface area contributed by atoms with E-state index in [1.807, 2.05) is 6.92 Å². The van der Waals surface area contributed by atoms with Crippen molar-refractivity contribution in [3.63, 3.8) is 0 Å². The molecular formula is C13H19N3O3. The van der Waals surface area contributed by atoms with Crippen LogP contribution in [0.2, 0.25) is 0 Å². The molecule has 19 heavy (non-hydrogen) atoms. The van der Waals surface area contributed by atoms with Gasteiger partial charge in [0.15, 0.2) is 0 Å². The second-order valence-corrected chi connectivity index (χ2v) is 4.24. The molecule has 0 spiro atoms. The van der Waals surface area contributed by atoms with Crippen LogP contribution in [0.15, 0.2) is 24.3 Å². The smallest absolute Gasteiger partial charge is 0.269 e. The van der Waals surface area contributed by atoms with Gasteiger partial charge < -0.3 is 10.2 Å². The van der Waals surface area contributed by atoms with E-state index < -0.39 is 4.92 Å². The minimum atomic E-state index is -0.428. The summed E-state index contributed by atoms with van der Waals surface area (Å²) in [7, 11) is 1.78. The highest BCUT2D eigenvalue weighted by atomic mass is 16.6. The molecule has 1 aromatic rings. The molecule has 1 rings (SSSR count). The number of hydrogen-bond acceptors (Lipinski definition) is 4. The zero-order valence-electron chi connectivity index (χ0n) is 11.3. The van der Waals surface area contributed by atoms with Crippen molar-refractivity contribution in [2.24, 2.45) is 0 Å².